The highest BCUT2D eigenvalue weighted by Gasteiger charge is 2.11. The molecule has 1 amide bonds. The summed E-state index contributed by atoms with van der Waals surface area (Å²) in [6.45, 7) is 3.82. The molecule has 4 nitrogen and oxygen atoms in total. The third kappa shape index (κ3) is 5.00. The summed E-state index contributed by atoms with van der Waals surface area (Å²) in [5, 5.41) is 7.10. The quantitative estimate of drug-likeness (QED) is 0.631. The number of nitrogens with one attached hydrogen (secondary N) is 2. The molecule has 2 rings (SSSR count). The summed E-state index contributed by atoms with van der Waals surface area (Å²) in [5.41, 5.74) is 5.54. The van der Waals surface area contributed by atoms with E-state index in [0.29, 0.717) is 0 Å². The Morgan fingerprint density at radius 1 is 1.14 bits per heavy atom. The fraction of sp³-hybridized carbons (Fsp3) is 0.176. The average Bonchev–Trinajstić information content (AvgIpc) is 2.51. The maximum Gasteiger partial charge on any atom is 0.262 e. The predicted molar refractivity (Wildman–Crippen MR) is 94.1 cm³/mol. The molecule has 0 unspecified atom stereocenters. The van der Waals surface area contributed by atoms with E-state index in [1.807, 2.05) is 55.5 Å². The molecule has 0 heterocycles. The second-order valence-corrected chi connectivity index (χ2v) is 5.93. The number of hydrogen-bond donors (Lipinski definition) is 2. The largest absolute Gasteiger partial charge is 0.374 e. The second kappa shape index (κ2) is 7.75. The van der Waals surface area contributed by atoms with Crippen molar-refractivity contribution >= 4 is 33.7 Å². The van der Waals surface area contributed by atoms with Crippen molar-refractivity contribution in [2.75, 3.05) is 5.32 Å². The number of aryl methyl sites for hydroxylation is 1. The first-order chi connectivity index (χ1) is 10.5. The summed E-state index contributed by atoms with van der Waals surface area (Å²) in [6, 6.07) is 15.2. The van der Waals surface area contributed by atoms with Gasteiger partial charge in [0, 0.05) is 10.2 Å². The Kier molecular flexibility index (Phi) is 5.72. The molecular weight excluding hydrogens is 342 g/mol. The minimum Gasteiger partial charge on any atom is -0.374 e. The van der Waals surface area contributed by atoms with E-state index in [1.54, 1.807) is 13.1 Å². The zero-order valence-electron chi connectivity index (χ0n) is 12.5. The van der Waals surface area contributed by atoms with Crippen LogP contribution in [0, 0.1) is 6.92 Å². The number of hydrazone groups is 1. The normalized spacial score (nSPS) is 12.1. The van der Waals surface area contributed by atoms with Gasteiger partial charge < -0.3 is 5.32 Å². The Bertz CT molecular complexity index is 651. The number of carbonyl (C=O) groups excluding carboxylic acids is 1. The number of anilines is 1. The number of amides is 1. The van der Waals surface area contributed by atoms with Crippen LogP contribution in [0.1, 0.15) is 18.1 Å². The average molecular weight is 360 g/mol. The Hall–Kier alpha value is -2.14. The van der Waals surface area contributed by atoms with Gasteiger partial charge in [0.05, 0.1) is 6.21 Å². The summed E-state index contributed by atoms with van der Waals surface area (Å²) in [7, 11) is 0. The van der Waals surface area contributed by atoms with Crippen molar-refractivity contribution in [1.82, 2.24) is 5.43 Å². The lowest BCUT2D eigenvalue weighted by molar-refractivity contribution is -0.121. The maximum absolute atomic E-state index is 12.0. The van der Waals surface area contributed by atoms with Crippen molar-refractivity contribution in [2.24, 2.45) is 5.10 Å². The van der Waals surface area contributed by atoms with Gasteiger partial charge in [0.15, 0.2) is 0 Å². The molecule has 5 heteroatoms. The second-order valence-electron chi connectivity index (χ2n) is 5.02. The molecule has 0 spiro atoms. The van der Waals surface area contributed by atoms with E-state index in [9.17, 15) is 4.79 Å². The molecule has 0 saturated carbocycles. The van der Waals surface area contributed by atoms with Gasteiger partial charge in [-0.2, -0.15) is 5.10 Å². The highest BCUT2D eigenvalue weighted by molar-refractivity contribution is 9.10. The van der Waals surface area contributed by atoms with Crippen LogP contribution >= 0.6 is 15.9 Å². The first-order valence-corrected chi connectivity index (χ1v) is 7.75. The predicted octanol–water partition coefficient (Wildman–Crippen LogP) is 3.71. The van der Waals surface area contributed by atoms with E-state index in [4.69, 9.17) is 0 Å². The Morgan fingerprint density at radius 2 is 1.77 bits per heavy atom. The van der Waals surface area contributed by atoms with Crippen molar-refractivity contribution in [3.63, 3.8) is 0 Å². The van der Waals surface area contributed by atoms with Crippen LogP contribution in [-0.4, -0.2) is 18.2 Å². The smallest absolute Gasteiger partial charge is 0.262 e. The third-order valence-corrected chi connectivity index (χ3v) is 3.62. The fourth-order valence-electron chi connectivity index (χ4n) is 1.78. The molecule has 2 N–H and O–H groups in total. The SMILES string of the molecule is Cc1ccc(N[C@H](C)C(=O)N/N=C\c2ccc(Br)cc2)cc1. The number of halogens is 1. The molecule has 0 fully saturated rings. The molecule has 0 aliphatic rings. The van der Waals surface area contributed by atoms with Gasteiger partial charge in [0.2, 0.25) is 0 Å². The number of benzene rings is 2. The van der Waals surface area contributed by atoms with E-state index in [2.05, 4.69) is 31.8 Å². The van der Waals surface area contributed by atoms with Crippen LogP contribution in [0.2, 0.25) is 0 Å². The zero-order valence-corrected chi connectivity index (χ0v) is 14.1. The van der Waals surface area contributed by atoms with Crippen LogP contribution in [0.25, 0.3) is 0 Å². The molecule has 0 aliphatic carbocycles. The lowest BCUT2D eigenvalue weighted by Crippen LogP contribution is -2.34. The molecule has 0 aliphatic heterocycles. The van der Waals surface area contributed by atoms with Gasteiger partial charge in [0.1, 0.15) is 6.04 Å². The minimum absolute atomic E-state index is 0.186. The topological polar surface area (TPSA) is 53.5 Å². The maximum atomic E-state index is 12.0. The lowest BCUT2D eigenvalue weighted by atomic mass is 10.2. The van der Waals surface area contributed by atoms with Crippen LogP contribution < -0.4 is 10.7 Å². The van der Waals surface area contributed by atoms with E-state index in [-0.39, 0.29) is 11.9 Å². The van der Waals surface area contributed by atoms with Crippen LogP contribution in [0.4, 0.5) is 5.69 Å². The van der Waals surface area contributed by atoms with Crippen molar-refractivity contribution in [3.8, 4) is 0 Å². The third-order valence-electron chi connectivity index (χ3n) is 3.09. The Labute approximate surface area is 138 Å². The molecule has 2 aromatic carbocycles. The van der Waals surface area contributed by atoms with Crippen LogP contribution in [0.5, 0.6) is 0 Å². The molecule has 0 aromatic heterocycles. The number of nitrogens with zero attached hydrogens (tertiary/aromatic N) is 1. The highest BCUT2D eigenvalue weighted by Crippen LogP contribution is 2.10. The van der Waals surface area contributed by atoms with Crippen molar-refractivity contribution in [2.45, 2.75) is 19.9 Å². The molecule has 2 aromatic rings. The summed E-state index contributed by atoms with van der Waals surface area (Å²) in [5.74, 6) is -0.186. The molecular formula is C17H18BrN3O. The van der Waals surface area contributed by atoms with E-state index >= 15 is 0 Å². The van der Waals surface area contributed by atoms with Crippen LogP contribution in [-0.2, 0) is 4.79 Å². The minimum atomic E-state index is -0.371. The number of hydrogen-bond acceptors (Lipinski definition) is 3. The van der Waals surface area contributed by atoms with E-state index in [1.165, 1.54) is 5.56 Å². The molecule has 0 saturated heterocycles. The summed E-state index contributed by atoms with van der Waals surface area (Å²) < 4.78 is 1.00. The lowest BCUT2D eigenvalue weighted by Gasteiger charge is -2.13. The zero-order chi connectivity index (χ0) is 15.9. The van der Waals surface area contributed by atoms with E-state index in [0.717, 1.165) is 15.7 Å². The fourth-order valence-corrected chi connectivity index (χ4v) is 2.05. The van der Waals surface area contributed by atoms with Crippen molar-refractivity contribution < 1.29 is 4.79 Å². The molecule has 0 bridgehead atoms. The van der Waals surface area contributed by atoms with Gasteiger partial charge >= 0.3 is 0 Å². The first-order valence-electron chi connectivity index (χ1n) is 6.96. The molecule has 0 radical (unpaired) electrons. The molecule has 114 valence electrons. The Morgan fingerprint density at radius 3 is 2.41 bits per heavy atom. The van der Waals surface area contributed by atoms with Gasteiger partial charge in [-0.1, -0.05) is 45.8 Å². The van der Waals surface area contributed by atoms with Gasteiger partial charge in [-0.15, -0.1) is 0 Å². The first kappa shape index (κ1) is 16.2. The number of carbonyl (C=O) groups is 1. The van der Waals surface area contributed by atoms with Crippen LogP contribution in [0.15, 0.2) is 58.1 Å². The standard InChI is InChI=1S/C17H18BrN3O/c1-12-3-9-16(10-4-12)20-13(2)17(22)21-19-11-14-5-7-15(18)8-6-14/h3-11,13,20H,1-2H3,(H,21,22)/b19-11-/t13-/m1/s1. The van der Waals surface area contributed by atoms with Gasteiger partial charge in [-0.25, -0.2) is 5.43 Å². The van der Waals surface area contributed by atoms with Crippen LogP contribution in [0.3, 0.4) is 0 Å². The van der Waals surface area contributed by atoms with Gasteiger partial charge in [-0.05, 0) is 43.7 Å². The molecule has 22 heavy (non-hydrogen) atoms. The Balaban J connectivity index is 1.85. The summed E-state index contributed by atoms with van der Waals surface area (Å²) in [4.78, 5) is 12.0. The number of rotatable bonds is 5. The van der Waals surface area contributed by atoms with Crippen molar-refractivity contribution in [3.05, 3.63) is 64.1 Å². The van der Waals surface area contributed by atoms with Gasteiger partial charge in [0.25, 0.3) is 5.91 Å². The highest BCUT2D eigenvalue weighted by atomic mass is 79.9. The van der Waals surface area contributed by atoms with E-state index < -0.39 is 0 Å². The monoisotopic (exact) mass is 359 g/mol. The molecule has 1 atom stereocenters. The van der Waals surface area contributed by atoms with Gasteiger partial charge in [-0.3, -0.25) is 4.79 Å². The van der Waals surface area contributed by atoms with Crippen molar-refractivity contribution in [1.29, 1.82) is 0 Å². The summed E-state index contributed by atoms with van der Waals surface area (Å²) >= 11 is 3.37. The summed E-state index contributed by atoms with van der Waals surface area (Å²) in [6.07, 6.45) is 1.61.